The van der Waals surface area contributed by atoms with Gasteiger partial charge in [-0.05, 0) is 31.9 Å². The molecule has 1 fully saturated rings. The fourth-order valence-corrected chi connectivity index (χ4v) is 3.68. The summed E-state index contributed by atoms with van der Waals surface area (Å²) in [4.78, 5) is 25.4. The molecule has 0 N–H and O–H groups in total. The lowest BCUT2D eigenvalue weighted by Gasteiger charge is -2.15. The number of ketones is 1. The molecule has 0 bridgehead atoms. The number of carbonyl (C=O) groups is 2. The zero-order chi connectivity index (χ0) is 14.9. The zero-order valence-electron chi connectivity index (χ0n) is 12.2. The third-order valence-corrected chi connectivity index (χ3v) is 5.10. The number of esters is 1. The Hall–Kier alpha value is -1.20. The summed E-state index contributed by atoms with van der Waals surface area (Å²) in [5.41, 5.74) is 0. The topological polar surface area (TPSA) is 52.6 Å². The third-order valence-electron chi connectivity index (χ3n) is 4.00. The first-order valence-electron chi connectivity index (χ1n) is 6.79. The van der Waals surface area contributed by atoms with Crippen molar-refractivity contribution in [2.24, 2.45) is 11.8 Å². The summed E-state index contributed by atoms with van der Waals surface area (Å²) in [5, 5.41) is 0. The van der Waals surface area contributed by atoms with Gasteiger partial charge < -0.3 is 9.47 Å². The molecule has 5 heteroatoms. The number of thiophene rings is 1. The van der Waals surface area contributed by atoms with Crippen molar-refractivity contribution >= 4 is 23.1 Å². The lowest BCUT2D eigenvalue weighted by atomic mass is 9.85. The van der Waals surface area contributed by atoms with E-state index >= 15 is 0 Å². The van der Waals surface area contributed by atoms with Gasteiger partial charge in [-0.3, -0.25) is 9.59 Å². The molecule has 0 aromatic carbocycles. The molecule has 1 saturated heterocycles. The van der Waals surface area contributed by atoms with E-state index in [4.69, 9.17) is 4.74 Å². The van der Waals surface area contributed by atoms with Gasteiger partial charge in [0.15, 0.2) is 5.78 Å². The van der Waals surface area contributed by atoms with Crippen molar-refractivity contribution in [2.75, 3.05) is 7.11 Å². The van der Waals surface area contributed by atoms with Crippen LogP contribution in [0.25, 0.3) is 0 Å². The summed E-state index contributed by atoms with van der Waals surface area (Å²) in [6, 6.07) is 3.62. The second-order valence-electron chi connectivity index (χ2n) is 5.31. The maximum Gasteiger partial charge on any atom is 0.310 e. The molecule has 0 saturated carbocycles. The zero-order valence-corrected chi connectivity index (χ0v) is 13.0. The van der Waals surface area contributed by atoms with Crippen molar-refractivity contribution in [2.45, 2.75) is 39.4 Å². The van der Waals surface area contributed by atoms with Gasteiger partial charge in [0, 0.05) is 4.88 Å². The highest BCUT2D eigenvalue weighted by Gasteiger charge is 2.42. The maximum atomic E-state index is 12.6. The summed E-state index contributed by atoms with van der Waals surface area (Å²) in [5.74, 6) is -0.0563. The van der Waals surface area contributed by atoms with Crippen LogP contribution in [0.15, 0.2) is 12.1 Å². The van der Waals surface area contributed by atoms with E-state index in [9.17, 15) is 9.59 Å². The van der Waals surface area contributed by atoms with Gasteiger partial charge in [0.2, 0.25) is 0 Å². The molecular weight excluding hydrogens is 276 g/mol. The predicted octanol–water partition coefficient (Wildman–Crippen LogP) is 2.71. The molecule has 2 rings (SSSR count). The summed E-state index contributed by atoms with van der Waals surface area (Å²) >= 11 is 1.37. The molecule has 1 aromatic rings. The normalized spacial score (nSPS) is 29.4. The molecule has 4 unspecified atom stereocenters. The quantitative estimate of drug-likeness (QED) is 0.633. The highest BCUT2D eigenvalue weighted by molar-refractivity contribution is 7.14. The Kier molecular flexibility index (Phi) is 4.60. The second kappa shape index (κ2) is 6.06. The van der Waals surface area contributed by atoms with Crippen LogP contribution in [0.2, 0.25) is 0 Å². The minimum atomic E-state index is -0.287. The Morgan fingerprint density at radius 1 is 1.25 bits per heavy atom. The molecule has 0 spiro atoms. The molecule has 20 heavy (non-hydrogen) atoms. The van der Waals surface area contributed by atoms with Crippen molar-refractivity contribution in [3.63, 3.8) is 0 Å². The predicted molar refractivity (Wildman–Crippen MR) is 77.0 cm³/mol. The van der Waals surface area contributed by atoms with Crippen LogP contribution < -0.4 is 0 Å². The van der Waals surface area contributed by atoms with Gasteiger partial charge in [-0.2, -0.15) is 0 Å². The number of hydrogen-bond donors (Lipinski definition) is 0. The fraction of sp³-hybridized carbons (Fsp3) is 0.600. The maximum absolute atomic E-state index is 12.6. The Bertz CT molecular complexity index is 508. The van der Waals surface area contributed by atoms with Crippen molar-refractivity contribution in [3.05, 3.63) is 21.9 Å². The van der Waals surface area contributed by atoms with E-state index < -0.39 is 0 Å². The Morgan fingerprint density at radius 3 is 2.50 bits per heavy atom. The van der Waals surface area contributed by atoms with E-state index in [-0.39, 0.29) is 42.2 Å². The minimum absolute atomic E-state index is 0.0568. The Labute approximate surface area is 123 Å². The van der Waals surface area contributed by atoms with Crippen LogP contribution in [0, 0.1) is 11.8 Å². The number of methoxy groups -OCH3 is 1. The van der Waals surface area contributed by atoms with Crippen molar-refractivity contribution in [1.82, 2.24) is 0 Å². The van der Waals surface area contributed by atoms with Gasteiger partial charge in [-0.1, -0.05) is 6.92 Å². The van der Waals surface area contributed by atoms with Crippen molar-refractivity contribution < 1.29 is 19.1 Å². The van der Waals surface area contributed by atoms with Gasteiger partial charge in [0.25, 0.3) is 0 Å². The lowest BCUT2D eigenvalue weighted by Crippen LogP contribution is -2.26. The van der Waals surface area contributed by atoms with Crippen LogP contribution in [-0.4, -0.2) is 31.1 Å². The first-order chi connectivity index (χ1) is 9.43. The molecule has 1 aliphatic rings. The lowest BCUT2D eigenvalue weighted by molar-refractivity contribution is -0.139. The smallest absolute Gasteiger partial charge is 0.310 e. The average molecular weight is 296 g/mol. The van der Waals surface area contributed by atoms with Crippen molar-refractivity contribution in [1.29, 1.82) is 0 Å². The third kappa shape index (κ3) is 2.94. The SMILES string of the molecule is COC(=O)Cc1ccc(C(=O)C2C(C)OC(C)C2C)s1. The molecule has 1 aromatic heterocycles. The molecule has 0 aliphatic carbocycles. The van der Waals surface area contributed by atoms with Gasteiger partial charge in [0.05, 0.1) is 36.5 Å². The molecular formula is C15H20O4S. The van der Waals surface area contributed by atoms with E-state index in [1.165, 1.54) is 18.4 Å². The molecule has 0 amide bonds. The van der Waals surface area contributed by atoms with Crippen LogP contribution in [0.4, 0.5) is 0 Å². The van der Waals surface area contributed by atoms with Crippen LogP contribution in [0.5, 0.6) is 0 Å². The number of carbonyl (C=O) groups excluding carboxylic acids is 2. The molecule has 110 valence electrons. The first kappa shape index (κ1) is 15.2. The number of hydrogen-bond acceptors (Lipinski definition) is 5. The molecule has 1 aliphatic heterocycles. The van der Waals surface area contributed by atoms with Crippen LogP contribution in [0.3, 0.4) is 0 Å². The molecule has 4 atom stereocenters. The highest BCUT2D eigenvalue weighted by atomic mass is 32.1. The van der Waals surface area contributed by atoms with E-state index in [2.05, 4.69) is 11.7 Å². The standard InChI is InChI=1S/C15H20O4S/c1-8-9(2)19-10(3)14(8)15(17)12-6-5-11(20-12)7-13(16)18-4/h5-6,8-10,14H,7H2,1-4H3. The minimum Gasteiger partial charge on any atom is -0.469 e. The monoisotopic (exact) mass is 296 g/mol. The summed E-state index contributed by atoms with van der Waals surface area (Å²) in [6.45, 7) is 6.01. The summed E-state index contributed by atoms with van der Waals surface area (Å²) in [6.07, 6.45) is 0.268. The van der Waals surface area contributed by atoms with Crippen LogP contribution >= 0.6 is 11.3 Å². The van der Waals surface area contributed by atoms with Crippen LogP contribution in [-0.2, 0) is 20.7 Å². The number of rotatable bonds is 4. The molecule has 0 radical (unpaired) electrons. The largest absolute Gasteiger partial charge is 0.469 e. The fourth-order valence-electron chi connectivity index (χ4n) is 2.70. The van der Waals surface area contributed by atoms with Crippen LogP contribution in [0.1, 0.15) is 35.3 Å². The van der Waals surface area contributed by atoms with Gasteiger partial charge in [-0.25, -0.2) is 0 Å². The number of ether oxygens (including phenoxy) is 2. The van der Waals surface area contributed by atoms with E-state index in [1.807, 2.05) is 19.9 Å². The number of Topliss-reactive ketones (excluding diaryl/α,β-unsaturated/α-hetero) is 1. The highest BCUT2D eigenvalue weighted by Crippen LogP contribution is 2.35. The Balaban J connectivity index is 2.12. The van der Waals surface area contributed by atoms with E-state index in [0.717, 1.165) is 4.88 Å². The van der Waals surface area contributed by atoms with E-state index in [0.29, 0.717) is 4.88 Å². The van der Waals surface area contributed by atoms with E-state index in [1.54, 1.807) is 6.07 Å². The van der Waals surface area contributed by atoms with Crippen molar-refractivity contribution in [3.8, 4) is 0 Å². The second-order valence-corrected chi connectivity index (χ2v) is 6.48. The average Bonchev–Trinajstić information content (AvgIpc) is 2.95. The van der Waals surface area contributed by atoms with Gasteiger partial charge in [0.1, 0.15) is 0 Å². The summed E-state index contributed by atoms with van der Waals surface area (Å²) in [7, 11) is 1.36. The first-order valence-corrected chi connectivity index (χ1v) is 7.61. The van der Waals surface area contributed by atoms with Gasteiger partial charge in [-0.15, -0.1) is 11.3 Å². The molecule has 2 heterocycles. The summed E-state index contributed by atoms with van der Waals surface area (Å²) < 4.78 is 10.4. The molecule has 4 nitrogen and oxygen atoms in total. The van der Waals surface area contributed by atoms with Gasteiger partial charge >= 0.3 is 5.97 Å². The Morgan fingerprint density at radius 2 is 1.95 bits per heavy atom.